The summed E-state index contributed by atoms with van der Waals surface area (Å²) in [6.07, 6.45) is 8.28. The number of rotatable bonds is 1. The lowest BCUT2D eigenvalue weighted by atomic mass is 9.77. The summed E-state index contributed by atoms with van der Waals surface area (Å²) in [7, 11) is 0. The smallest absolute Gasteiger partial charge is 0.196 e. The summed E-state index contributed by atoms with van der Waals surface area (Å²) in [6, 6.07) is 9.98. The summed E-state index contributed by atoms with van der Waals surface area (Å²) >= 11 is 0. The molecular weight excluding hydrogens is 234 g/mol. The minimum absolute atomic E-state index is 0.642. The molecule has 3 nitrogen and oxygen atoms in total. The molecule has 0 amide bonds. The first-order valence-electron chi connectivity index (χ1n) is 7.42. The van der Waals surface area contributed by atoms with Crippen molar-refractivity contribution in [3.63, 3.8) is 0 Å². The average molecular weight is 257 g/mol. The molecule has 2 aliphatic rings. The fourth-order valence-corrected chi connectivity index (χ4v) is 3.54. The molecule has 0 bridgehead atoms. The zero-order valence-corrected chi connectivity index (χ0v) is 11.5. The number of nitrogens with two attached hydrogens (primary N) is 1. The Bertz CT molecular complexity index is 436. The Hall–Kier alpha value is -1.51. The maximum absolute atomic E-state index is 6.14. The van der Waals surface area contributed by atoms with Crippen LogP contribution in [0.5, 0.6) is 0 Å². The molecule has 2 fully saturated rings. The Kier molecular flexibility index (Phi) is 3.45. The van der Waals surface area contributed by atoms with Gasteiger partial charge < -0.3 is 10.6 Å². The largest absolute Gasteiger partial charge is 0.369 e. The van der Waals surface area contributed by atoms with Crippen molar-refractivity contribution in [2.24, 2.45) is 16.1 Å². The van der Waals surface area contributed by atoms with Crippen molar-refractivity contribution in [1.82, 2.24) is 4.90 Å². The van der Waals surface area contributed by atoms with Gasteiger partial charge in [-0.1, -0.05) is 31.0 Å². The second-order valence-electron chi connectivity index (χ2n) is 6.00. The summed E-state index contributed by atoms with van der Waals surface area (Å²) in [6.45, 7) is 2.14. The van der Waals surface area contributed by atoms with Crippen LogP contribution < -0.4 is 5.73 Å². The number of piperidine rings is 1. The SMILES string of the molecule is NC(=Nc1ccccc1)N1CCC2(CCCC2)CC1. The minimum Gasteiger partial charge on any atom is -0.369 e. The van der Waals surface area contributed by atoms with Crippen LogP contribution in [0.4, 0.5) is 5.69 Å². The Balaban J connectivity index is 1.63. The summed E-state index contributed by atoms with van der Waals surface area (Å²) < 4.78 is 0. The number of hydrogen-bond donors (Lipinski definition) is 1. The van der Waals surface area contributed by atoms with Gasteiger partial charge in [-0.2, -0.15) is 0 Å². The highest BCUT2D eigenvalue weighted by atomic mass is 15.3. The van der Waals surface area contributed by atoms with Crippen molar-refractivity contribution >= 4 is 11.6 Å². The van der Waals surface area contributed by atoms with Gasteiger partial charge in [0.1, 0.15) is 0 Å². The first kappa shape index (κ1) is 12.5. The van der Waals surface area contributed by atoms with Crippen molar-refractivity contribution in [1.29, 1.82) is 0 Å². The summed E-state index contributed by atoms with van der Waals surface area (Å²) in [5, 5.41) is 0. The van der Waals surface area contributed by atoms with Gasteiger partial charge in [-0.05, 0) is 43.2 Å². The van der Waals surface area contributed by atoms with Crippen molar-refractivity contribution < 1.29 is 0 Å². The van der Waals surface area contributed by atoms with Crippen LogP contribution in [0.15, 0.2) is 35.3 Å². The van der Waals surface area contributed by atoms with Crippen LogP contribution in [-0.4, -0.2) is 23.9 Å². The number of aliphatic imine (C=N–C) groups is 1. The molecule has 1 saturated heterocycles. The molecule has 1 aliphatic carbocycles. The number of nitrogens with zero attached hydrogens (tertiary/aromatic N) is 2. The van der Waals surface area contributed by atoms with Gasteiger partial charge in [0.2, 0.25) is 0 Å². The number of benzene rings is 1. The van der Waals surface area contributed by atoms with E-state index in [2.05, 4.69) is 9.89 Å². The average Bonchev–Trinajstić information content (AvgIpc) is 2.89. The lowest BCUT2D eigenvalue weighted by molar-refractivity contribution is 0.153. The van der Waals surface area contributed by atoms with Crippen LogP contribution in [0.2, 0.25) is 0 Å². The predicted molar refractivity (Wildman–Crippen MR) is 79.4 cm³/mol. The van der Waals surface area contributed by atoms with Gasteiger partial charge in [-0.15, -0.1) is 0 Å². The topological polar surface area (TPSA) is 41.6 Å². The first-order chi connectivity index (χ1) is 9.27. The van der Waals surface area contributed by atoms with Gasteiger partial charge in [-0.25, -0.2) is 4.99 Å². The second kappa shape index (κ2) is 5.24. The van der Waals surface area contributed by atoms with E-state index in [1.807, 2.05) is 30.3 Å². The molecular formula is C16H23N3. The van der Waals surface area contributed by atoms with Crippen molar-refractivity contribution in [3.05, 3.63) is 30.3 Å². The van der Waals surface area contributed by atoms with E-state index in [-0.39, 0.29) is 0 Å². The first-order valence-corrected chi connectivity index (χ1v) is 7.42. The fourth-order valence-electron chi connectivity index (χ4n) is 3.54. The zero-order valence-electron chi connectivity index (χ0n) is 11.5. The van der Waals surface area contributed by atoms with Gasteiger partial charge in [0, 0.05) is 13.1 Å². The molecule has 3 heteroatoms. The highest BCUT2D eigenvalue weighted by Gasteiger charge is 2.37. The molecule has 1 aliphatic heterocycles. The molecule has 1 heterocycles. The van der Waals surface area contributed by atoms with E-state index in [4.69, 9.17) is 5.73 Å². The predicted octanol–water partition coefficient (Wildman–Crippen LogP) is 3.29. The maximum Gasteiger partial charge on any atom is 0.196 e. The van der Waals surface area contributed by atoms with Crippen LogP contribution in [-0.2, 0) is 0 Å². The molecule has 2 N–H and O–H groups in total. The monoisotopic (exact) mass is 257 g/mol. The lowest BCUT2D eigenvalue weighted by Gasteiger charge is -2.39. The Morgan fingerprint density at radius 3 is 2.26 bits per heavy atom. The lowest BCUT2D eigenvalue weighted by Crippen LogP contribution is -2.45. The third-order valence-electron chi connectivity index (χ3n) is 4.81. The Labute approximate surface area is 115 Å². The molecule has 0 unspecified atom stereocenters. The Morgan fingerprint density at radius 2 is 1.63 bits per heavy atom. The van der Waals surface area contributed by atoms with Gasteiger partial charge in [-0.3, -0.25) is 0 Å². The van der Waals surface area contributed by atoms with Crippen LogP contribution in [0, 0.1) is 5.41 Å². The van der Waals surface area contributed by atoms with E-state index < -0.39 is 0 Å². The van der Waals surface area contributed by atoms with Crippen LogP contribution in [0.3, 0.4) is 0 Å². The molecule has 1 saturated carbocycles. The third kappa shape index (κ3) is 2.75. The molecule has 1 spiro atoms. The molecule has 3 rings (SSSR count). The number of para-hydroxylation sites is 1. The van der Waals surface area contributed by atoms with E-state index in [1.165, 1.54) is 38.5 Å². The molecule has 1 aromatic rings. The van der Waals surface area contributed by atoms with E-state index >= 15 is 0 Å². The number of hydrogen-bond acceptors (Lipinski definition) is 1. The van der Waals surface area contributed by atoms with Gasteiger partial charge in [0.15, 0.2) is 5.96 Å². The second-order valence-corrected chi connectivity index (χ2v) is 6.00. The molecule has 1 aromatic carbocycles. The quantitative estimate of drug-likeness (QED) is 0.619. The van der Waals surface area contributed by atoms with E-state index in [0.717, 1.165) is 18.8 Å². The van der Waals surface area contributed by atoms with E-state index in [1.54, 1.807) is 0 Å². The molecule has 0 atom stereocenters. The van der Waals surface area contributed by atoms with Crippen LogP contribution in [0.25, 0.3) is 0 Å². The number of guanidine groups is 1. The Morgan fingerprint density at radius 1 is 1.00 bits per heavy atom. The minimum atomic E-state index is 0.642. The highest BCUT2D eigenvalue weighted by molar-refractivity contribution is 5.81. The summed E-state index contributed by atoms with van der Waals surface area (Å²) in [5.41, 5.74) is 7.73. The fraction of sp³-hybridized carbons (Fsp3) is 0.562. The molecule has 19 heavy (non-hydrogen) atoms. The van der Waals surface area contributed by atoms with Crippen molar-refractivity contribution in [2.45, 2.75) is 38.5 Å². The van der Waals surface area contributed by atoms with E-state index in [9.17, 15) is 0 Å². The molecule has 0 radical (unpaired) electrons. The van der Waals surface area contributed by atoms with Gasteiger partial charge in [0.25, 0.3) is 0 Å². The maximum atomic E-state index is 6.14. The molecule has 102 valence electrons. The van der Waals surface area contributed by atoms with Crippen LogP contribution >= 0.6 is 0 Å². The highest BCUT2D eigenvalue weighted by Crippen LogP contribution is 2.46. The number of likely N-dealkylation sites (tertiary alicyclic amines) is 1. The summed E-state index contributed by atoms with van der Waals surface area (Å²) in [4.78, 5) is 6.76. The zero-order chi connectivity index (χ0) is 13.1. The third-order valence-corrected chi connectivity index (χ3v) is 4.81. The van der Waals surface area contributed by atoms with Crippen LogP contribution in [0.1, 0.15) is 38.5 Å². The van der Waals surface area contributed by atoms with Crippen molar-refractivity contribution in [3.8, 4) is 0 Å². The summed E-state index contributed by atoms with van der Waals surface area (Å²) in [5.74, 6) is 0.680. The van der Waals surface area contributed by atoms with E-state index in [0.29, 0.717) is 11.4 Å². The normalized spacial score (nSPS) is 22.9. The van der Waals surface area contributed by atoms with Gasteiger partial charge in [0.05, 0.1) is 5.69 Å². The van der Waals surface area contributed by atoms with Crippen molar-refractivity contribution in [2.75, 3.05) is 13.1 Å². The molecule has 0 aromatic heterocycles. The van der Waals surface area contributed by atoms with Gasteiger partial charge >= 0.3 is 0 Å². The standard InChI is InChI=1S/C16H23N3/c17-15(18-14-6-2-1-3-7-14)19-12-10-16(11-13-19)8-4-5-9-16/h1-3,6-7H,4-5,8-13H2,(H2,17,18).